The highest BCUT2D eigenvalue weighted by molar-refractivity contribution is 9.11. The van der Waals surface area contributed by atoms with E-state index in [1.165, 1.54) is 0 Å². The minimum absolute atomic E-state index is 0.270. The topological polar surface area (TPSA) is 54.9 Å². The summed E-state index contributed by atoms with van der Waals surface area (Å²) < 4.78 is 1.62. The SMILES string of the molecule is O=C(Nc1ccc(Cl)nn1)c1cc(Br)cc(Br)c1. The molecule has 1 N–H and O–H groups in total. The molecule has 1 aromatic carbocycles. The summed E-state index contributed by atoms with van der Waals surface area (Å²) in [4.78, 5) is 11.9. The van der Waals surface area contributed by atoms with Gasteiger partial charge in [0.15, 0.2) is 11.0 Å². The van der Waals surface area contributed by atoms with Crippen LogP contribution in [-0.2, 0) is 0 Å². The maximum atomic E-state index is 11.9. The number of rotatable bonds is 2. The predicted octanol–water partition coefficient (Wildman–Crippen LogP) is 3.91. The molecule has 0 fully saturated rings. The quantitative estimate of drug-likeness (QED) is 0.845. The maximum absolute atomic E-state index is 11.9. The fourth-order valence-electron chi connectivity index (χ4n) is 1.26. The van der Waals surface area contributed by atoms with Gasteiger partial charge < -0.3 is 5.32 Å². The summed E-state index contributed by atoms with van der Waals surface area (Å²) in [5, 5.41) is 10.3. The molecule has 92 valence electrons. The fourth-order valence-corrected chi connectivity index (χ4v) is 2.65. The van der Waals surface area contributed by atoms with E-state index in [0.29, 0.717) is 11.4 Å². The second-order valence-corrected chi connectivity index (χ2v) is 5.57. The summed E-state index contributed by atoms with van der Waals surface area (Å²) >= 11 is 12.2. The van der Waals surface area contributed by atoms with Crippen molar-refractivity contribution in [1.82, 2.24) is 10.2 Å². The number of carbonyl (C=O) groups excluding carboxylic acids is 1. The van der Waals surface area contributed by atoms with Gasteiger partial charge in [0, 0.05) is 14.5 Å². The molecule has 0 spiro atoms. The highest BCUT2D eigenvalue weighted by Gasteiger charge is 2.09. The first-order valence-electron chi connectivity index (χ1n) is 4.81. The molecule has 0 saturated carbocycles. The Morgan fingerprint density at radius 2 is 1.78 bits per heavy atom. The van der Waals surface area contributed by atoms with Crippen LogP contribution in [0.4, 0.5) is 5.82 Å². The molecule has 0 atom stereocenters. The molecular weight excluding hydrogens is 385 g/mol. The highest BCUT2D eigenvalue weighted by Crippen LogP contribution is 2.20. The number of hydrogen-bond donors (Lipinski definition) is 1. The normalized spacial score (nSPS) is 10.2. The molecule has 4 nitrogen and oxygen atoms in total. The monoisotopic (exact) mass is 389 g/mol. The number of aromatic nitrogens is 2. The molecule has 0 aliphatic rings. The maximum Gasteiger partial charge on any atom is 0.256 e. The number of benzene rings is 1. The smallest absolute Gasteiger partial charge is 0.256 e. The lowest BCUT2D eigenvalue weighted by Crippen LogP contribution is -2.13. The van der Waals surface area contributed by atoms with Crippen molar-refractivity contribution in [1.29, 1.82) is 0 Å². The van der Waals surface area contributed by atoms with Gasteiger partial charge in [0.1, 0.15) is 0 Å². The van der Waals surface area contributed by atoms with Crippen LogP contribution in [0.15, 0.2) is 39.3 Å². The molecule has 1 amide bonds. The van der Waals surface area contributed by atoms with Crippen LogP contribution < -0.4 is 5.32 Å². The molecule has 1 heterocycles. The van der Waals surface area contributed by atoms with Gasteiger partial charge in [0.05, 0.1) is 0 Å². The van der Waals surface area contributed by atoms with Crippen LogP contribution in [0.25, 0.3) is 0 Å². The number of hydrogen-bond acceptors (Lipinski definition) is 3. The summed E-state index contributed by atoms with van der Waals surface area (Å²) in [6.07, 6.45) is 0. The molecular formula is C11H6Br2ClN3O. The Morgan fingerprint density at radius 3 is 2.33 bits per heavy atom. The molecule has 0 bridgehead atoms. The third kappa shape index (κ3) is 3.51. The molecule has 0 aliphatic carbocycles. The van der Waals surface area contributed by atoms with Gasteiger partial charge >= 0.3 is 0 Å². The van der Waals surface area contributed by atoms with E-state index in [4.69, 9.17) is 11.6 Å². The minimum atomic E-state index is -0.270. The van der Waals surface area contributed by atoms with Gasteiger partial charge in [-0.1, -0.05) is 43.5 Å². The van der Waals surface area contributed by atoms with Crippen LogP contribution in [-0.4, -0.2) is 16.1 Å². The predicted molar refractivity (Wildman–Crippen MR) is 76.8 cm³/mol. The Morgan fingerprint density at radius 1 is 1.11 bits per heavy atom. The van der Waals surface area contributed by atoms with Gasteiger partial charge in [-0.05, 0) is 30.3 Å². The molecule has 0 radical (unpaired) electrons. The molecule has 18 heavy (non-hydrogen) atoms. The third-order valence-corrected chi connectivity index (χ3v) is 3.12. The lowest BCUT2D eigenvalue weighted by atomic mass is 10.2. The second-order valence-electron chi connectivity index (χ2n) is 3.35. The Labute approximate surface area is 125 Å². The zero-order chi connectivity index (χ0) is 13.1. The molecule has 0 saturated heterocycles. The van der Waals surface area contributed by atoms with Gasteiger partial charge in [0.25, 0.3) is 5.91 Å². The number of amides is 1. The fraction of sp³-hybridized carbons (Fsp3) is 0. The Bertz CT molecular complexity index is 569. The van der Waals surface area contributed by atoms with Gasteiger partial charge in [-0.15, -0.1) is 10.2 Å². The zero-order valence-corrected chi connectivity index (χ0v) is 12.8. The van der Waals surface area contributed by atoms with Crippen LogP contribution in [0.3, 0.4) is 0 Å². The summed E-state index contributed by atoms with van der Waals surface area (Å²) in [5.41, 5.74) is 0.507. The first-order chi connectivity index (χ1) is 8.54. The van der Waals surface area contributed by atoms with E-state index < -0.39 is 0 Å². The summed E-state index contributed by atoms with van der Waals surface area (Å²) in [6, 6.07) is 8.41. The van der Waals surface area contributed by atoms with Crippen LogP contribution >= 0.6 is 43.5 Å². The lowest BCUT2D eigenvalue weighted by molar-refractivity contribution is 0.102. The van der Waals surface area contributed by atoms with E-state index >= 15 is 0 Å². The highest BCUT2D eigenvalue weighted by atomic mass is 79.9. The van der Waals surface area contributed by atoms with Gasteiger partial charge in [0.2, 0.25) is 0 Å². The van der Waals surface area contributed by atoms with Crippen molar-refractivity contribution < 1.29 is 4.79 Å². The Balaban J connectivity index is 2.19. The van der Waals surface area contributed by atoms with Crippen molar-refractivity contribution >= 4 is 55.2 Å². The van der Waals surface area contributed by atoms with E-state index in [1.54, 1.807) is 24.3 Å². The van der Waals surface area contributed by atoms with Gasteiger partial charge in [-0.3, -0.25) is 4.79 Å². The molecule has 7 heteroatoms. The molecule has 0 unspecified atom stereocenters. The van der Waals surface area contributed by atoms with Crippen LogP contribution in [0, 0.1) is 0 Å². The first-order valence-corrected chi connectivity index (χ1v) is 6.77. The average molecular weight is 391 g/mol. The van der Waals surface area contributed by atoms with Crippen molar-refractivity contribution in [3.05, 3.63) is 50.0 Å². The first kappa shape index (κ1) is 13.5. The second kappa shape index (κ2) is 5.77. The Kier molecular flexibility index (Phi) is 4.31. The molecule has 1 aromatic heterocycles. The molecule has 2 rings (SSSR count). The standard InChI is InChI=1S/C11H6Br2ClN3O/c12-7-3-6(4-8(13)5-7)11(18)15-10-2-1-9(14)16-17-10/h1-5H,(H,15,17,18). The largest absolute Gasteiger partial charge is 0.305 e. The number of anilines is 1. The third-order valence-electron chi connectivity index (χ3n) is 2.00. The van der Waals surface area contributed by atoms with E-state index in [2.05, 4.69) is 47.4 Å². The van der Waals surface area contributed by atoms with Crippen molar-refractivity contribution in [2.75, 3.05) is 5.32 Å². The van der Waals surface area contributed by atoms with E-state index in [1.807, 2.05) is 6.07 Å². The number of carbonyl (C=O) groups is 1. The Hall–Kier alpha value is -0.980. The lowest BCUT2D eigenvalue weighted by Gasteiger charge is -2.05. The summed E-state index contributed by atoms with van der Waals surface area (Å²) in [7, 11) is 0. The summed E-state index contributed by atoms with van der Waals surface area (Å²) in [6.45, 7) is 0. The average Bonchev–Trinajstić information content (AvgIpc) is 2.31. The van der Waals surface area contributed by atoms with Crippen LogP contribution in [0.2, 0.25) is 5.15 Å². The van der Waals surface area contributed by atoms with Gasteiger partial charge in [-0.25, -0.2) is 0 Å². The van der Waals surface area contributed by atoms with Crippen molar-refractivity contribution in [2.24, 2.45) is 0 Å². The van der Waals surface area contributed by atoms with Crippen molar-refractivity contribution in [3.8, 4) is 0 Å². The van der Waals surface area contributed by atoms with E-state index in [9.17, 15) is 4.79 Å². The number of nitrogens with one attached hydrogen (secondary N) is 1. The number of nitrogens with zero attached hydrogens (tertiary/aromatic N) is 2. The van der Waals surface area contributed by atoms with Crippen LogP contribution in [0.1, 0.15) is 10.4 Å². The summed E-state index contributed by atoms with van der Waals surface area (Å²) in [5.74, 6) is 0.0779. The van der Waals surface area contributed by atoms with Crippen molar-refractivity contribution in [3.63, 3.8) is 0 Å². The van der Waals surface area contributed by atoms with Gasteiger partial charge in [-0.2, -0.15) is 0 Å². The number of halogens is 3. The van der Waals surface area contributed by atoms with E-state index in [0.717, 1.165) is 8.95 Å². The molecule has 0 aliphatic heterocycles. The zero-order valence-electron chi connectivity index (χ0n) is 8.82. The van der Waals surface area contributed by atoms with E-state index in [-0.39, 0.29) is 11.1 Å². The van der Waals surface area contributed by atoms with Crippen molar-refractivity contribution in [2.45, 2.75) is 0 Å². The molecule has 2 aromatic rings. The van der Waals surface area contributed by atoms with Crippen LogP contribution in [0.5, 0.6) is 0 Å². The minimum Gasteiger partial charge on any atom is -0.305 e.